The number of anilines is 3. The largest absolute Gasteiger partial charge is 0.311 e. The van der Waals surface area contributed by atoms with Crippen LogP contribution in [0, 0.1) is 35.5 Å². The maximum Gasteiger partial charge on any atom is 0.252 e. The van der Waals surface area contributed by atoms with Crippen molar-refractivity contribution in [2.24, 2.45) is 35.5 Å². The number of hydrogen-bond donors (Lipinski definition) is 0. The highest BCUT2D eigenvalue weighted by molar-refractivity contribution is 7.26. The Morgan fingerprint density at radius 1 is 0.424 bits per heavy atom. The van der Waals surface area contributed by atoms with E-state index in [9.17, 15) is 0 Å². The zero-order valence-corrected chi connectivity index (χ0v) is 50.9. The van der Waals surface area contributed by atoms with Gasteiger partial charge < -0.3 is 14.0 Å². The number of aromatic nitrogens is 2. The van der Waals surface area contributed by atoms with Crippen molar-refractivity contribution in [3.8, 4) is 22.5 Å². The fourth-order valence-electron chi connectivity index (χ4n) is 22.1. The topological polar surface area (TPSA) is 13.1 Å². The summed E-state index contributed by atoms with van der Waals surface area (Å²) in [7, 11) is 0. The normalized spacial score (nSPS) is 26.4. The molecule has 9 aromatic carbocycles. The molecule has 0 saturated heterocycles. The van der Waals surface area contributed by atoms with Crippen LogP contribution in [0.15, 0.2) is 146 Å². The molecule has 23 rings (SSSR count). The van der Waals surface area contributed by atoms with Gasteiger partial charge in [-0.05, 0) is 268 Å². The average Bonchev–Trinajstić information content (AvgIpc) is 1.65. The maximum absolute atomic E-state index is 2.83. The van der Waals surface area contributed by atoms with Crippen LogP contribution in [0.1, 0.15) is 141 Å². The molecule has 11 aliphatic rings. The van der Waals surface area contributed by atoms with Gasteiger partial charge in [0.05, 0.1) is 22.2 Å². The van der Waals surface area contributed by atoms with E-state index >= 15 is 0 Å². The van der Waals surface area contributed by atoms with Gasteiger partial charge in [0.1, 0.15) is 0 Å². The maximum atomic E-state index is 2.83. The van der Waals surface area contributed by atoms with Crippen LogP contribution in [0.2, 0.25) is 0 Å². The highest BCUT2D eigenvalue weighted by atomic mass is 32.1. The smallest absolute Gasteiger partial charge is 0.252 e. The third-order valence-electron chi connectivity index (χ3n) is 24.8. The van der Waals surface area contributed by atoms with Crippen LogP contribution in [-0.4, -0.2) is 15.8 Å². The molecule has 0 amide bonds. The third kappa shape index (κ3) is 6.15. The summed E-state index contributed by atoms with van der Waals surface area (Å²) in [4.78, 5) is 2.78. The number of thiophene rings is 1. The molecule has 0 N–H and O–H groups in total. The summed E-state index contributed by atoms with van der Waals surface area (Å²) in [5.74, 6) is 5.34. The molecule has 0 unspecified atom stereocenters. The molecule has 416 valence electrons. The summed E-state index contributed by atoms with van der Waals surface area (Å²) in [6, 6.07) is 60.5. The molecule has 85 heavy (non-hydrogen) atoms. The van der Waals surface area contributed by atoms with Crippen molar-refractivity contribution in [2.45, 2.75) is 140 Å². The molecule has 9 aliphatic carbocycles. The summed E-state index contributed by atoms with van der Waals surface area (Å²) >= 11 is 1.96. The standard InChI is InChI=1S/C80H72BN3S/c1-77(2,3)51-16-21-62-58(31-51)59-32-53(78(4,5)6)34-61-76(59)84(62)67-36-55(83-64-20-13-49-9-7-10-56-57-11-8-12-68-71(57)74-69(85-68)24-23-65(83)73(74)72(64)70(49)56)35-66-75(67)81(61)60-33-52(80-40-46-28-47(41-80)30-48(29-46)42-80)17-22-63(60)82(66)54-18-14-50(15-19-54)79-37-43-25-44(38-79)27-45(26-43)39-79/h7-24,31-36,43-48H,25-30,37-42H2,1-6H3. The van der Waals surface area contributed by atoms with E-state index in [0.717, 1.165) is 35.5 Å². The quantitative estimate of drug-likeness (QED) is 0.160. The molecule has 8 bridgehead atoms. The van der Waals surface area contributed by atoms with E-state index in [1.807, 2.05) is 11.3 Å². The van der Waals surface area contributed by atoms with E-state index < -0.39 is 0 Å². The van der Waals surface area contributed by atoms with E-state index in [2.05, 4.69) is 201 Å². The Balaban J connectivity index is 0.893. The minimum atomic E-state index is -0.0557. The second kappa shape index (κ2) is 15.7. The second-order valence-corrected chi connectivity index (χ2v) is 32.8. The van der Waals surface area contributed by atoms with Crippen molar-refractivity contribution >= 4 is 126 Å². The lowest BCUT2D eigenvalue weighted by atomic mass is 9.33. The fraction of sp³-hybridized carbons (Fsp3) is 0.350. The van der Waals surface area contributed by atoms with E-state index in [0.29, 0.717) is 5.41 Å². The van der Waals surface area contributed by atoms with Gasteiger partial charge in [-0.1, -0.05) is 114 Å². The minimum absolute atomic E-state index is 0.00158. The van der Waals surface area contributed by atoms with E-state index in [4.69, 9.17) is 0 Å². The number of fused-ring (bicyclic) bond motifs is 8. The summed E-state index contributed by atoms with van der Waals surface area (Å²) in [6.45, 7) is 14.5. The predicted molar refractivity (Wildman–Crippen MR) is 361 cm³/mol. The zero-order chi connectivity index (χ0) is 56.1. The number of rotatable bonds is 4. The first-order chi connectivity index (χ1) is 41.2. The van der Waals surface area contributed by atoms with Gasteiger partial charge in [-0.3, -0.25) is 0 Å². The lowest BCUT2D eigenvalue weighted by Crippen LogP contribution is -2.61. The Bertz CT molecular complexity index is 4990. The molecule has 3 nitrogen and oxygen atoms in total. The lowest BCUT2D eigenvalue weighted by Gasteiger charge is -2.57. The molecule has 0 spiro atoms. The van der Waals surface area contributed by atoms with Gasteiger partial charge in [-0.2, -0.15) is 0 Å². The Kier molecular flexibility index (Phi) is 8.90. The molecule has 0 atom stereocenters. The van der Waals surface area contributed by atoms with Gasteiger partial charge in [0.25, 0.3) is 6.71 Å². The average molecular weight is 1120 g/mol. The number of nitrogens with zero attached hydrogens (tertiary/aromatic N) is 3. The molecule has 0 radical (unpaired) electrons. The fourth-order valence-corrected chi connectivity index (χ4v) is 23.2. The van der Waals surface area contributed by atoms with Crippen LogP contribution in [0.4, 0.5) is 17.1 Å². The van der Waals surface area contributed by atoms with E-state index in [1.165, 1.54) is 219 Å². The zero-order valence-electron chi connectivity index (χ0n) is 50.1. The van der Waals surface area contributed by atoms with Gasteiger partial charge >= 0.3 is 0 Å². The van der Waals surface area contributed by atoms with Gasteiger partial charge in [-0.25, -0.2) is 0 Å². The summed E-state index contributed by atoms with van der Waals surface area (Å²) in [6.07, 6.45) is 17.0. The van der Waals surface area contributed by atoms with Crippen LogP contribution in [0.3, 0.4) is 0 Å². The molecule has 8 fully saturated rings. The van der Waals surface area contributed by atoms with Crippen LogP contribution in [0.25, 0.3) is 97.1 Å². The molecular weight excluding hydrogens is 1050 g/mol. The van der Waals surface area contributed by atoms with Crippen LogP contribution < -0.4 is 21.3 Å². The molecule has 12 aromatic rings. The molecule has 3 aromatic heterocycles. The van der Waals surface area contributed by atoms with Gasteiger partial charge in [0.15, 0.2) is 0 Å². The first-order valence-corrected chi connectivity index (χ1v) is 33.7. The SMILES string of the molecule is CC(C)(C)c1ccc2c(c1)c1cc(C(C)(C)C)cc3c1n2-c1cc(-n2c4ccc5cccc6c5c4c4c5c(ccc42)sc2cccc-6c25)cc2c1B3c1cc(C34CC5CC(CC(C5)C3)C4)ccc1N2c1ccc(C23CC4CC(CC(C4)C2)C3)cc1. The second-order valence-electron chi connectivity index (χ2n) is 31.7. The van der Waals surface area contributed by atoms with Crippen molar-refractivity contribution in [1.29, 1.82) is 0 Å². The van der Waals surface area contributed by atoms with Crippen molar-refractivity contribution < 1.29 is 0 Å². The van der Waals surface area contributed by atoms with Crippen molar-refractivity contribution in [3.05, 3.63) is 168 Å². The summed E-state index contributed by atoms with van der Waals surface area (Å²) in [5.41, 5.74) is 25.5. The van der Waals surface area contributed by atoms with Gasteiger partial charge in [-0.15, -0.1) is 11.3 Å². The van der Waals surface area contributed by atoms with E-state index in [1.54, 1.807) is 11.1 Å². The van der Waals surface area contributed by atoms with Crippen molar-refractivity contribution in [2.75, 3.05) is 4.90 Å². The van der Waals surface area contributed by atoms with E-state index in [-0.39, 0.29) is 23.0 Å². The Labute approximate surface area is 503 Å². The summed E-state index contributed by atoms with van der Waals surface area (Å²) in [5, 5.41) is 11.1. The highest BCUT2D eigenvalue weighted by Crippen LogP contribution is 2.63. The molecule has 5 heterocycles. The first kappa shape index (κ1) is 48.1. The minimum Gasteiger partial charge on any atom is -0.311 e. The van der Waals surface area contributed by atoms with Crippen molar-refractivity contribution in [1.82, 2.24) is 9.13 Å². The monoisotopic (exact) mass is 1120 g/mol. The Morgan fingerprint density at radius 3 is 1.68 bits per heavy atom. The molecular formula is C80H72BN3S. The van der Waals surface area contributed by atoms with Crippen LogP contribution in [-0.2, 0) is 21.7 Å². The number of hydrogen-bond acceptors (Lipinski definition) is 2. The Morgan fingerprint density at radius 2 is 1.00 bits per heavy atom. The third-order valence-corrected chi connectivity index (χ3v) is 25.9. The Hall–Kier alpha value is -7.08. The van der Waals surface area contributed by atoms with Gasteiger partial charge in [0.2, 0.25) is 0 Å². The van der Waals surface area contributed by atoms with Crippen molar-refractivity contribution in [3.63, 3.8) is 0 Å². The molecule has 8 saturated carbocycles. The number of benzene rings is 9. The molecule has 2 aliphatic heterocycles. The summed E-state index contributed by atoms with van der Waals surface area (Å²) < 4.78 is 8.21. The van der Waals surface area contributed by atoms with Gasteiger partial charge in [0, 0.05) is 70.0 Å². The first-order valence-electron chi connectivity index (χ1n) is 32.9. The van der Waals surface area contributed by atoms with Crippen LogP contribution in [0.5, 0.6) is 0 Å². The predicted octanol–water partition coefficient (Wildman–Crippen LogP) is 19.5. The van der Waals surface area contributed by atoms with Crippen LogP contribution >= 0.6 is 11.3 Å². The lowest BCUT2D eigenvalue weighted by molar-refractivity contribution is -0.00528. The highest BCUT2D eigenvalue weighted by Gasteiger charge is 2.54. The molecule has 5 heteroatoms.